The Morgan fingerprint density at radius 3 is 1.56 bits per heavy atom. The van der Waals surface area contributed by atoms with Gasteiger partial charge in [-0.25, -0.2) is 0 Å². The van der Waals surface area contributed by atoms with Crippen LogP contribution in [-0.2, 0) is 37.4 Å². The highest BCUT2D eigenvalue weighted by molar-refractivity contribution is 6.82. The third-order valence-electron chi connectivity index (χ3n) is 9.49. The van der Waals surface area contributed by atoms with Crippen LogP contribution in [0.15, 0.2) is 12.1 Å². The fraction of sp³-hybridized carbons (Fsp3) is 0.800. The molecule has 1 unspecified atom stereocenters. The minimum absolute atomic E-state index is 0.0823. The van der Waals surface area contributed by atoms with Gasteiger partial charge in [-0.15, -0.1) is 0 Å². The number of hydrogen-bond acceptors (Lipinski definition) is 9. The molecule has 1 atom stereocenters. The van der Waals surface area contributed by atoms with E-state index in [0.29, 0.717) is 5.79 Å². The maximum atomic E-state index is 6.06. The second-order valence-corrected chi connectivity index (χ2v) is 31.4. The predicted octanol–water partition coefficient (Wildman–Crippen LogP) is 2.70. The van der Waals surface area contributed by atoms with Crippen molar-refractivity contribution in [3.05, 3.63) is 23.3 Å². The van der Waals surface area contributed by atoms with E-state index in [9.17, 15) is 0 Å². The Morgan fingerprint density at radius 2 is 1.18 bits per heavy atom. The van der Waals surface area contributed by atoms with E-state index in [0.717, 1.165) is 44.4 Å². The van der Waals surface area contributed by atoms with Gasteiger partial charge in [0.15, 0.2) is 0 Å². The van der Waals surface area contributed by atoms with E-state index in [1.165, 1.54) is 17.2 Å². The summed E-state index contributed by atoms with van der Waals surface area (Å²) < 4.78 is 41.0. The number of hydrogen-bond donors (Lipinski definition) is 2. The second kappa shape index (κ2) is 21.3. The van der Waals surface area contributed by atoms with Gasteiger partial charge in [-0.1, -0.05) is 61.7 Å². The molecule has 0 aromatic heterocycles. The molecule has 0 aliphatic rings. The summed E-state index contributed by atoms with van der Waals surface area (Å²) >= 11 is 0. The van der Waals surface area contributed by atoms with Gasteiger partial charge in [0.2, 0.25) is 0 Å². The van der Waals surface area contributed by atoms with E-state index in [2.05, 4.69) is 69.0 Å². The molecule has 0 amide bonds. The molecule has 0 aliphatic heterocycles. The molecule has 0 radical (unpaired) electrons. The van der Waals surface area contributed by atoms with Crippen LogP contribution in [0, 0.1) is 0 Å². The van der Waals surface area contributed by atoms with Crippen molar-refractivity contribution >= 4 is 63.4 Å². The first-order valence-electron chi connectivity index (χ1n) is 16.7. The molecule has 1 rings (SSSR count). The minimum Gasteiger partial charge on any atom is -0.398 e. The molecule has 2 N–H and O–H groups in total. The van der Waals surface area contributed by atoms with Crippen molar-refractivity contribution in [1.29, 1.82) is 0 Å². The zero-order chi connectivity index (χ0) is 34.3. The maximum absolute atomic E-state index is 6.06. The Balaban J connectivity index is 3.21. The molecular weight excluding hydrogens is 669 g/mol. The first-order valence-corrected chi connectivity index (χ1v) is 31.2. The van der Waals surface area contributed by atoms with E-state index in [4.69, 9.17) is 31.0 Å². The fourth-order valence-corrected chi connectivity index (χ4v) is 18.4. The van der Waals surface area contributed by atoms with Gasteiger partial charge < -0.3 is 41.6 Å². The third-order valence-corrected chi connectivity index (χ3v) is 24.3. The number of rotatable bonds is 25. The molecule has 0 fully saturated rings. The normalized spacial score (nSPS) is 14.2. The molecule has 0 saturated carbocycles. The summed E-state index contributed by atoms with van der Waals surface area (Å²) in [6.07, 6.45) is 3.15. The molecule has 264 valence electrons. The Kier molecular flexibility index (Phi) is 20.4. The van der Waals surface area contributed by atoms with Gasteiger partial charge in [0.05, 0.1) is 32.7 Å². The average Bonchev–Trinajstić information content (AvgIpc) is 3.04. The SMILES string of the molecule is CO[Si](C)(CCCNC(NCCC[Si](C)(OC)OC)[SiH2]CCc1ccc([SiH](C)C)c([SiH](C)C)c1C(C)[Si](OC)(OC)OC)OC. The third kappa shape index (κ3) is 12.8. The van der Waals surface area contributed by atoms with Gasteiger partial charge in [0.1, 0.15) is 0 Å². The quantitative estimate of drug-likeness (QED) is 0.0895. The summed E-state index contributed by atoms with van der Waals surface area (Å²) in [5, 5.41) is 11.0. The average molecular weight is 737 g/mol. The van der Waals surface area contributed by atoms with Crippen LogP contribution in [0.2, 0.25) is 57.4 Å². The monoisotopic (exact) mass is 736 g/mol. The molecule has 0 heterocycles. The minimum atomic E-state index is -2.89. The first kappa shape index (κ1) is 43.2. The predicted molar refractivity (Wildman–Crippen MR) is 206 cm³/mol. The molecule has 1 aromatic rings. The zero-order valence-electron chi connectivity index (χ0n) is 31.2. The van der Waals surface area contributed by atoms with E-state index < -0.39 is 53.0 Å². The van der Waals surface area contributed by atoms with Crippen molar-refractivity contribution in [2.45, 2.75) is 94.9 Å². The lowest BCUT2D eigenvalue weighted by Crippen LogP contribution is -2.54. The van der Waals surface area contributed by atoms with Crippen LogP contribution < -0.4 is 21.0 Å². The molecule has 0 spiro atoms. The van der Waals surface area contributed by atoms with Crippen LogP contribution in [-0.4, -0.2) is 122 Å². The summed E-state index contributed by atoms with van der Waals surface area (Å²) in [5.41, 5.74) is 3.00. The van der Waals surface area contributed by atoms with Gasteiger partial charge in [-0.2, -0.15) is 0 Å². The van der Waals surface area contributed by atoms with Crippen molar-refractivity contribution in [2.75, 3.05) is 62.9 Å². The molecule has 1 aromatic carbocycles. The Labute approximate surface area is 285 Å². The molecule has 15 heteroatoms. The summed E-state index contributed by atoms with van der Waals surface area (Å²) in [4.78, 5) is 0. The van der Waals surface area contributed by atoms with Crippen LogP contribution >= 0.6 is 0 Å². The van der Waals surface area contributed by atoms with E-state index in [1.54, 1.807) is 60.1 Å². The van der Waals surface area contributed by atoms with Crippen molar-refractivity contribution < 1.29 is 31.0 Å². The van der Waals surface area contributed by atoms with E-state index >= 15 is 0 Å². The first-order chi connectivity index (χ1) is 21.3. The Morgan fingerprint density at radius 1 is 0.711 bits per heavy atom. The lowest BCUT2D eigenvalue weighted by Gasteiger charge is -2.34. The van der Waals surface area contributed by atoms with Crippen molar-refractivity contribution in [1.82, 2.24) is 10.6 Å². The lowest BCUT2D eigenvalue weighted by molar-refractivity contribution is 0.114. The maximum Gasteiger partial charge on any atom is 0.507 e. The van der Waals surface area contributed by atoms with Gasteiger partial charge in [-0.05, 0) is 68.7 Å². The van der Waals surface area contributed by atoms with Gasteiger partial charge in [0.25, 0.3) is 0 Å². The Hall–Kier alpha value is 0.161. The smallest absolute Gasteiger partial charge is 0.398 e. The summed E-state index contributed by atoms with van der Waals surface area (Å²) in [5.74, 6) is 0.355. The largest absolute Gasteiger partial charge is 0.507 e. The molecule has 0 aliphatic carbocycles. The van der Waals surface area contributed by atoms with Crippen LogP contribution in [0.5, 0.6) is 0 Å². The van der Waals surface area contributed by atoms with Crippen molar-refractivity contribution in [3.8, 4) is 0 Å². The topological polar surface area (TPSA) is 88.7 Å². The van der Waals surface area contributed by atoms with Crippen LogP contribution in [0.25, 0.3) is 0 Å². The summed E-state index contributed by atoms with van der Waals surface area (Å²) in [6.45, 7) is 18.3. The van der Waals surface area contributed by atoms with Gasteiger partial charge in [0, 0.05) is 55.6 Å². The molecule has 0 saturated heterocycles. The molecular formula is C30H68N2O7Si6. The Bertz CT molecular complexity index is 933. The standard InChI is InChI=1S/C30H68N2O7Si6/c1-25(45(37-6,38-7)39-8)28-26(17-18-27(41(9)10)29(28)42(11)12)19-22-40-30(31-20-15-23-43(13,33-2)34-3)32-21-16-24-44(14,35-4)36-5/h17-18,25,30-32,41-42H,15-16,19-24,40H2,1-14H3. The van der Waals surface area contributed by atoms with Crippen LogP contribution in [0.1, 0.15) is 36.4 Å². The van der Waals surface area contributed by atoms with Crippen molar-refractivity contribution in [3.63, 3.8) is 0 Å². The van der Waals surface area contributed by atoms with Gasteiger partial charge in [-0.3, -0.25) is 0 Å². The van der Waals surface area contributed by atoms with Gasteiger partial charge >= 0.3 is 25.9 Å². The zero-order valence-corrected chi connectivity index (χ0v) is 37.9. The van der Waals surface area contributed by atoms with Crippen LogP contribution in [0.4, 0.5) is 0 Å². The second-order valence-electron chi connectivity index (χ2n) is 13.0. The number of benzene rings is 1. The molecule has 0 bridgehead atoms. The number of nitrogens with one attached hydrogen (secondary N) is 2. The van der Waals surface area contributed by atoms with Crippen LogP contribution in [0.3, 0.4) is 0 Å². The summed E-state index contributed by atoms with van der Waals surface area (Å²) in [7, 11) is 2.64. The lowest BCUT2D eigenvalue weighted by atomic mass is 10.0. The molecule has 9 nitrogen and oxygen atoms in total. The van der Waals surface area contributed by atoms with E-state index in [1.807, 2.05) is 0 Å². The summed E-state index contributed by atoms with van der Waals surface area (Å²) in [6, 6.07) is 8.03. The molecule has 45 heavy (non-hydrogen) atoms. The highest BCUT2D eigenvalue weighted by Gasteiger charge is 2.47. The van der Waals surface area contributed by atoms with Crippen molar-refractivity contribution in [2.24, 2.45) is 0 Å². The number of aryl methyl sites for hydroxylation is 1. The van der Waals surface area contributed by atoms with E-state index in [-0.39, 0.29) is 5.54 Å². The fourth-order valence-electron chi connectivity index (χ4n) is 6.25. The highest BCUT2D eigenvalue weighted by atomic mass is 28.4. The highest BCUT2D eigenvalue weighted by Crippen LogP contribution is 2.31.